The lowest BCUT2D eigenvalue weighted by molar-refractivity contribution is 0.219. The van der Waals surface area contributed by atoms with Crippen molar-refractivity contribution in [2.45, 2.75) is 79.4 Å². The molecule has 1 nitrogen and oxygen atoms in total. The Balaban J connectivity index is 0.000000458. The molecular weight excluding hydrogens is 321 g/mol. The third kappa shape index (κ3) is 7.70. The quantitative estimate of drug-likeness (QED) is 0.603. The monoisotopic (exact) mass is 359 g/mol. The van der Waals surface area contributed by atoms with Crippen LogP contribution in [-0.2, 0) is 18.6 Å². The molecule has 146 valence electrons. The molecule has 2 aromatic rings. The topological polar surface area (TPSA) is 26.0 Å². The molecule has 0 aliphatic carbocycles. The second-order valence-corrected chi connectivity index (χ2v) is 6.70. The van der Waals surface area contributed by atoms with Crippen LogP contribution in [0.5, 0.6) is 0 Å². The summed E-state index contributed by atoms with van der Waals surface area (Å²) < 4.78 is 13.9. The number of hydrogen-bond acceptors (Lipinski definition) is 1. The molecule has 0 fully saturated rings. The predicted molar refractivity (Wildman–Crippen MR) is 114 cm³/mol. The van der Waals surface area contributed by atoms with Crippen LogP contribution in [0.1, 0.15) is 83.1 Å². The standard InChI is InChI=1S/C13H19F.C9H13N.C2H6/c1-5-10(2)11-8-6-7-9-12(11)13(3,4)14;1-2-8-5-3-4-6-9(8)7-10;1-2/h6-10H,5H2,1-4H3;3-6H,2,7,10H2,1H3;1-2H3. The maximum Gasteiger partial charge on any atom is 0.130 e. The fourth-order valence-corrected chi connectivity index (χ4v) is 2.79. The van der Waals surface area contributed by atoms with Gasteiger partial charge in [-0.15, -0.1) is 0 Å². The van der Waals surface area contributed by atoms with Crippen molar-refractivity contribution in [2.75, 3.05) is 0 Å². The molecule has 0 saturated carbocycles. The fourth-order valence-electron chi connectivity index (χ4n) is 2.79. The maximum atomic E-state index is 13.9. The first-order valence-corrected chi connectivity index (χ1v) is 9.90. The number of alkyl halides is 1. The largest absolute Gasteiger partial charge is 0.326 e. The Bertz CT molecular complexity index is 591. The third-order valence-electron chi connectivity index (χ3n) is 4.46. The minimum absolute atomic E-state index is 0.432. The van der Waals surface area contributed by atoms with Crippen molar-refractivity contribution in [3.63, 3.8) is 0 Å². The van der Waals surface area contributed by atoms with E-state index in [0.29, 0.717) is 12.5 Å². The molecule has 0 heterocycles. The Hall–Kier alpha value is -1.67. The van der Waals surface area contributed by atoms with E-state index in [1.54, 1.807) is 13.8 Å². The van der Waals surface area contributed by atoms with Crippen molar-refractivity contribution in [3.8, 4) is 0 Å². The summed E-state index contributed by atoms with van der Waals surface area (Å²) in [6.07, 6.45) is 2.13. The van der Waals surface area contributed by atoms with Crippen LogP contribution in [0.2, 0.25) is 0 Å². The first-order chi connectivity index (χ1) is 12.3. The molecule has 2 rings (SSSR count). The SMILES string of the molecule is CC.CCC(C)c1ccccc1C(C)(C)F.CCc1ccccc1CN. The summed E-state index contributed by atoms with van der Waals surface area (Å²) in [5.74, 6) is 0.432. The van der Waals surface area contributed by atoms with E-state index >= 15 is 0 Å². The van der Waals surface area contributed by atoms with Crippen LogP contribution in [0, 0.1) is 0 Å². The summed E-state index contributed by atoms with van der Waals surface area (Å²) in [6.45, 7) is 14.3. The number of halogens is 1. The Labute approximate surface area is 160 Å². The number of aryl methyl sites for hydroxylation is 1. The smallest absolute Gasteiger partial charge is 0.130 e. The molecule has 2 aromatic carbocycles. The molecular formula is C24H38FN. The summed E-state index contributed by atoms with van der Waals surface area (Å²) in [5, 5.41) is 0. The molecule has 2 heteroatoms. The molecule has 0 radical (unpaired) electrons. The van der Waals surface area contributed by atoms with Crippen molar-refractivity contribution in [3.05, 3.63) is 70.8 Å². The summed E-state index contributed by atoms with van der Waals surface area (Å²) in [6, 6.07) is 16.1. The summed E-state index contributed by atoms with van der Waals surface area (Å²) in [5.41, 5.74) is 8.89. The van der Waals surface area contributed by atoms with Gasteiger partial charge >= 0.3 is 0 Å². The van der Waals surface area contributed by atoms with Gasteiger partial charge < -0.3 is 5.73 Å². The molecule has 0 aromatic heterocycles. The van der Waals surface area contributed by atoms with Gasteiger partial charge in [0.1, 0.15) is 5.67 Å². The molecule has 0 aliphatic rings. The van der Waals surface area contributed by atoms with Crippen molar-refractivity contribution >= 4 is 0 Å². The Kier molecular flexibility index (Phi) is 11.8. The molecule has 1 atom stereocenters. The van der Waals surface area contributed by atoms with Crippen LogP contribution < -0.4 is 5.73 Å². The van der Waals surface area contributed by atoms with Gasteiger partial charge in [0.25, 0.3) is 0 Å². The van der Waals surface area contributed by atoms with E-state index in [4.69, 9.17) is 5.73 Å². The summed E-state index contributed by atoms with van der Waals surface area (Å²) in [7, 11) is 0. The van der Waals surface area contributed by atoms with Crippen LogP contribution in [0.25, 0.3) is 0 Å². The molecule has 0 bridgehead atoms. The van der Waals surface area contributed by atoms with Crippen molar-refractivity contribution in [1.82, 2.24) is 0 Å². The van der Waals surface area contributed by atoms with E-state index in [0.717, 1.165) is 24.0 Å². The second kappa shape index (κ2) is 12.6. The van der Waals surface area contributed by atoms with Gasteiger partial charge in [-0.1, -0.05) is 83.1 Å². The van der Waals surface area contributed by atoms with Crippen LogP contribution in [0.3, 0.4) is 0 Å². The minimum atomic E-state index is -1.24. The van der Waals surface area contributed by atoms with E-state index in [9.17, 15) is 4.39 Å². The van der Waals surface area contributed by atoms with Crippen LogP contribution in [0.4, 0.5) is 4.39 Å². The van der Waals surface area contributed by atoms with Crippen molar-refractivity contribution in [1.29, 1.82) is 0 Å². The van der Waals surface area contributed by atoms with Crippen LogP contribution in [0.15, 0.2) is 48.5 Å². The lowest BCUT2D eigenvalue weighted by Gasteiger charge is -2.22. The zero-order valence-corrected chi connectivity index (χ0v) is 17.8. The number of benzene rings is 2. The molecule has 26 heavy (non-hydrogen) atoms. The highest BCUT2D eigenvalue weighted by Gasteiger charge is 2.23. The van der Waals surface area contributed by atoms with Gasteiger partial charge in [0, 0.05) is 6.54 Å². The molecule has 2 N–H and O–H groups in total. The molecule has 0 saturated heterocycles. The third-order valence-corrected chi connectivity index (χ3v) is 4.46. The van der Waals surface area contributed by atoms with Gasteiger partial charge in [0.05, 0.1) is 0 Å². The molecule has 0 amide bonds. The van der Waals surface area contributed by atoms with E-state index < -0.39 is 5.67 Å². The lowest BCUT2D eigenvalue weighted by atomic mass is 9.87. The fraction of sp³-hybridized carbons (Fsp3) is 0.500. The minimum Gasteiger partial charge on any atom is -0.326 e. The molecule has 1 unspecified atom stereocenters. The highest BCUT2D eigenvalue weighted by atomic mass is 19.1. The average molecular weight is 360 g/mol. The van der Waals surface area contributed by atoms with Gasteiger partial charge in [-0.2, -0.15) is 0 Å². The van der Waals surface area contributed by atoms with Gasteiger partial charge in [0.2, 0.25) is 0 Å². The Morgan fingerprint density at radius 3 is 1.85 bits per heavy atom. The second-order valence-electron chi connectivity index (χ2n) is 6.70. The van der Waals surface area contributed by atoms with Crippen LogP contribution >= 0.6 is 0 Å². The Morgan fingerprint density at radius 1 is 0.923 bits per heavy atom. The first kappa shape index (κ1) is 24.3. The van der Waals surface area contributed by atoms with Gasteiger partial charge in [-0.25, -0.2) is 4.39 Å². The number of hydrogen-bond donors (Lipinski definition) is 1. The van der Waals surface area contributed by atoms with E-state index in [2.05, 4.69) is 39.0 Å². The number of rotatable bonds is 5. The first-order valence-electron chi connectivity index (χ1n) is 9.90. The summed E-state index contributed by atoms with van der Waals surface area (Å²) in [4.78, 5) is 0. The zero-order chi connectivity index (χ0) is 20.2. The van der Waals surface area contributed by atoms with E-state index in [1.807, 2.05) is 44.2 Å². The Morgan fingerprint density at radius 2 is 1.42 bits per heavy atom. The zero-order valence-electron chi connectivity index (χ0n) is 17.8. The highest BCUT2D eigenvalue weighted by molar-refractivity contribution is 5.34. The predicted octanol–water partition coefficient (Wildman–Crippen LogP) is 7.14. The van der Waals surface area contributed by atoms with E-state index in [-0.39, 0.29) is 0 Å². The van der Waals surface area contributed by atoms with Gasteiger partial charge in [-0.3, -0.25) is 0 Å². The maximum absolute atomic E-state index is 13.9. The normalized spacial score (nSPS) is 11.6. The highest BCUT2D eigenvalue weighted by Crippen LogP contribution is 2.32. The van der Waals surface area contributed by atoms with Gasteiger partial charge in [-0.05, 0) is 54.9 Å². The van der Waals surface area contributed by atoms with Gasteiger partial charge in [0.15, 0.2) is 0 Å². The van der Waals surface area contributed by atoms with Crippen molar-refractivity contribution in [2.24, 2.45) is 5.73 Å². The lowest BCUT2D eigenvalue weighted by Crippen LogP contribution is -2.13. The molecule has 0 aliphatic heterocycles. The molecule has 0 spiro atoms. The number of nitrogens with two attached hydrogens (primary N) is 1. The van der Waals surface area contributed by atoms with E-state index in [1.165, 1.54) is 11.1 Å². The van der Waals surface area contributed by atoms with Crippen molar-refractivity contribution < 1.29 is 4.39 Å². The average Bonchev–Trinajstić information content (AvgIpc) is 2.68. The van der Waals surface area contributed by atoms with Crippen LogP contribution in [-0.4, -0.2) is 0 Å². The summed E-state index contributed by atoms with van der Waals surface area (Å²) >= 11 is 0.